The highest BCUT2D eigenvalue weighted by Gasteiger charge is 2.30. The third-order valence-corrected chi connectivity index (χ3v) is 4.01. The fourth-order valence-corrected chi connectivity index (χ4v) is 2.64. The first-order valence-corrected chi connectivity index (χ1v) is 7.00. The maximum atomic E-state index is 11.5. The van der Waals surface area contributed by atoms with Crippen LogP contribution in [0.5, 0.6) is 0 Å². The summed E-state index contributed by atoms with van der Waals surface area (Å²) in [7, 11) is 4.25. The van der Waals surface area contributed by atoms with Gasteiger partial charge in [0.1, 0.15) is 0 Å². The highest BCUT2D eigenvalue weighted by Crippen LogP contribution is 2.20. The molecule has 2 unspecified atom stereocenters. The average molecular weight is 254 g/mol. The van der Waals surface area contributed by atoms with Crippen LogP contribution in [0.2, 0.25) is 0 Å². The molecule has 1 heterocycles. The number of nitrogens with one attached hydrogen (secondary N) is 1. The van der Waals surface area contributed by atoms with E-state index in [2.05, 4.69) is 29.2 Å². The molecule has 1 aliphatic carbocycles. The molecule has 5 nitrogen and oxygen atoms in total. The minimum atomic E-state index is -0.214. The number of carbonyl (C=O) groups is 1. The number of piperidine rings is 1. The fraction of sp³-hybridized carbons (Fsp3) is 0.923. The number of primary amides is 1. The lowest BCUT2D eigenvalue weighted by Crippen LogP contribution is -2.53. The molecule has 2 rings (SSSR count). The first-order chi connectivity index (χ1) is 8.56. The number of rotatable bonds is 6. The number of likely N-dealkylation sites (N-methyl/N-ethyl adjacent to an activating group) is 1. The largest absolute Gasteiger partial charge is 0.368 e. The van der Waals surface area contributed by atoms with Gasteiger partial charge in [-0.2, -0.15) is 0 Å². The summed E-state index contributed by atoms with van der Waals surface area (Å²) in [5.41, 5.74) is 5.49. The monoisotopic (exact) mass is 254 g/mol. The van der Waals surface area contributed by atoms with Crippen LogP contribution >= 0.6 is 0 Å². The van der Waals surface area contributed by atoms with Crippen molar-refractivity contribution >= 4 is 5.91 Å². The molecule has 0 aromatic rings. The van der Waals surface area contributed by atoms with Gasteiger partial charge in [-0.1, -0.05) is 0 Å². The predicted octanol–water partition coefficient (Wildman–Crippen LogP) is -0.382. The smallest absolute Gasteiger partial charge is 0.235 e. The lowest BCUT2D eigenvalue weighted by Gasteiger charge is -2.37. The summed E-state index contributed by atoms with van der Waals surface area (Å²) >= 11 is 0. The Hall–Kier alpha value is -0.650. The van der Waals surface area contributed by atoms with Gasteiger partial charge in [0.2, 0.25) is 5.91 Å². The molecule has 0 spiro atoms. The van der Waals surface area contributed by atoms with Crippen molar-refractivity contribution < 1.29 is 4.79 Å². The molecule has 1 saturated carbocycles. The Morgan fingerprint density at radius 1 is 1.44 bits per heavy atom. The van der Waals surface area contributed by atoms with Crippen LogP contribution in [0.4, 0.5) is 0 Å². The molecule has 2 aliphatic rings. The van der Waals surface area contributed by atoms with Crippen molar-refractivity contribution in [3.05, 3.63) is 0 Å². The van der Waals surface area contributed by atoms with Gasteiger partial charge in [-0.05, 0) is 46.3 Å². The molecule has 104 valence electrons. The quantitative estimate of drug-likeness (QED) is 0.678. The number of hydrogen-bond donors (Lipinski definition) is 2. The molecule has 0 aromatic carbocycles. The number of nitrogens with two attached hydrogens (primary N) is 1. The van der Waals surface area contributed by atoms with E-state index in [4.69, 9.17) is 5.73 Å². The van der Waals surface area contributed by atoms with Crippen LogP contribution in [-0.2, 0) is 4.79 Å². The molecule has 1 aliphatic heterocycles. The second-order valence-corrected chi connectivity index (χ2v) is 5.92. The van der Waals surface area contributed by atoms with Crippen LogP contribution in [0, 0.1) is 0 Å². The van der Waals surface area contributed by atoms with Crippen LogP contribution in [0.25, 0.3) is 0 Å². The van der Waals surface area contributed by atoms with Crippen LogP contribution in [0.15, 0.2) is 0 Å². The Labute approximate surface area is 110 Å². The summed E-state index contributed by atoms with van der Waals surface area (Å²) in [6.45, 7) is 2.89. The molecule has 0 aromatic heterocycles. The zero-order chi connectivity index (χ0) is 13.1. The van der Waals surface area contributed by atoms with Crippen LogP contribution in [-0.4, -0.2) is 67.6 Å². The van der Waals surface area contributed by atoms with E-state index < -0.39 is 0 Å². The predicted molar refractivity (Wildman–Crippen MR) is 72.3 cm³/mol. The zero-order valence-corrected chi connectivity index (χ0v) is 11.6. The zero-order valence-electron chi connectivity index (χ0n) is 11.6. The molecular weight excluding hydrogens is 228 g/mol. The number of hydrogen-bond acceptors (Lipinski definition) is 4. The van der Waals surface area contributed by atoms with Gasteiger partial charge in [-0.25, -0.2) is 0 Å². The maximum Gasteiger partial charge on any atom is 0.235 e. The van der Waals surface area contributed by atoms with Crippen molar-refractivity contribution in [3.8, 4) is 0 Å². The van der Waals surface area contributed by atoms with E-state index in [1.807, 2.05) is 0 Å². The van der Waals surface area contributed by atoms with Gasteiger partial charge in [0, 0.05) is 25.2 Å². The molecule has 0 radical (unpaired) electrons. The van der Waals surface area contributed by atoms with E-state index in [9.17, 15) is 4.79 Å². The summed E-state index contributed by atoms with van der Waals surface area (Å²) < 4.78 is 0. The maximum absolute atomic E-state index is 11.5. The molecule has 5 heteroatoms. The Balaban J connectivity index is 1.83. The van der Waals surface area contributed by atoms with Crippen LogP contribution < -0.4 is 11.1 Å². The van der Waals surface area contributed by atoms with Crippen LogP contribution in [0.3, 0.4) is 0 Å². The summed E-state index contributed by atoms with van der Waals surface area (Å²) in [5.74, 6) is -0.214. The molecule has 1 amide bonds. The third-order valence-electron chi connectivity index (χ3n) is 4.01. The summed E-state index contributed by atoms with van der Waals surface area (Å²) in [5, 5.41) is 3.35. The lowest BCUT2D eigenvalue weighted by atomic mass is 10.0. The Morgan fingerprint density at radius 2 is 2.17 bits per heavy atom. The number of nitrogens with zero attached hydrogens (tertiary/aromatic N) is 2. The summed E-state index contributed by atoms with van der Waals surface area (Å²) in [4.78, 5) is 16.1. The molecule has 18 heavy (non-hydrogen) atoms. The van der Waals surface area contributed by atoms with Gasteiger partial charge in [0.25, 0.3) is 0 Å². The van der Waals surface area contributed by atoms with Crippen molar-refractivity contribution in [2.24, 2.45) is 5.73 Å². The van der Waals surface area contributed by atoms with Crippen molar-refractivity contribution in [1.29, 1.82) is 0 Å². The third kappa shape index (κ3) is 3.93. The van der Waals surface area contributed by atoms with Gasteiger partial charge in [-0.3, -0.25) is 9.69 Å². The average Bonchev–Trinajstić information content (AvgIpc) is 3.12. The highest BCUT2D eigenvalue weighted by atomic mass is 16.1. The number of amides is 1. The minimum absolute atomic E-state index is 0.182. The van der Waals surface area contributed by atoms with Crippen LogP contribution in [0.1, 0.15) is 25.7 Å². The highest BCUT2D eigenvalue weighted by molar-refractivity contribution is 5.80. The second-order valence-electron chi connectivity index (χ2n) is 5.92. The normalized spacial score (nSPS) is 27.4. The standard InChI is InChI=1S/C13H26N4O/c1-16(2)11-4-3-7-17(8-11)9-12(13(14)18)15-10-5-6-10/h10-12,15H,3-9H2,1-2H3,(H2,14,18). The van der Waals surface area contributed by atoms with Gasteiger partial charge >= 0.3 is 0 Å². The van der Waals surface area contributed by atoms with E-state index in [-0.39, 0.29) is 11.9 Å². The van der Waals surface area contributed by atoms with E-state index in [1.54, 1.807) is 0 Å². The van der Waals surface area contributed by atoms with Gasteiger partial charge in [0.15, 0.2) is 0 Å². The molecule has 1 saturated heterocycles. The molecule has 3 N–H and O–H groups in total. The van der Waals surface area contributed by atoms with Gasteiger partial charge < -0.3 is 16.0 Å². The van der Waals surface area contributed by atoms with Crippen molar-refractivity contribution in [2.75, 3.05) is 33.7 Å². The van der Waals surface area contributed by atoms with Crippen molar-refractivity contribution in [2.45, 2.75) is 43.8 Å². The Bertz CT molecular complexity index is 291. The topological polar surface area (TPSA) is 61.6 Å². The van der Waals surface area contributed by atoms with E-state index in [0.717, 1.165) is 19.6 Å². The second kappa shape index (κ2) is 5.99. The fourth-order valence-electron chi connectivity index (χ4n) is 2.64. The summed E-state index contributed by atoms with van der Waals surface area (Å²) in [6, 6.07) is 0.948. The van der Waals surface area contributed by atoms with Gasteiger partial charge in [0.05, 0.1) is 6.04 Å². The van der Waals surface area contributed by atoms with Gasteiger partial charge in [-0.15, -0.1) is 0 Å². The Morgan fingerprint density at radius 3 is 2.72 bits per heavy atom. The SMILES string of the molecule is CN(C)C1CCCN(CC(NC2CC2)C(N)=O)C1. The Kier molecular flexibility index (Phi) is 4.59. The summed E-state index contributed by atoms with van der Waals surface area (Å²) in [6.07, 6.45) is 4.83. The molecule has 2 atom stereocenters. The first-order valence-electron chi connectivity index (χ1n) is 7.00. The van der Waals surface area contributed by atoms with E-state index >= 15 is 0 Å². The van der Waals surface area contributed by atoms with E-state index in [1.165, 1.54) is 25.7 Å². The molecule has 2 fully saturated rings. The number of likely N-dealkylation sites (tertiary alicyclic amines) is 1. The number of carbonyl (C=O) groups excluding carboxylic acids is 1. The van der Waals surface area contributed by atoms with E-state index in [0.29, 0.717) is 12.1 Å². The lowest BCUT2D eigenvalue weighted by molar-refractivity contribution is -0.120. The first kappa shape index (κ1) is 13.8. The van der Waals surface area contributed by atoms with Crippen molar-refractivity contribution in [1.82, 2.24) is 15.1 Å². The minimum Gasteiger partial charge on any atom is -0.368 e. The van der Waals surface area contributed by atoms with Crippen molar-refractivity contribution in [3.63, 3.8) is 0 Å². The molecule has 0 bridgehead atoms. The molecular formula is C13H26N4O.